The lowest BCUT2D eigenvalue weighted by Crippen LogP contribution is -2.11. The molecule has 2 atom stereocenters. The fraction of sp³-hybridized carbons (Fsp3) is 0.562. The van der Waals surface area contributed by atoms with Crippen LogP contribution in [0.2, 0.25) is 0 Å². The number of fused-ring (bicyclic) bond motifs is 1. The predicted molar refractivity (Wildman–Crippen MR) is 95.5 cm³/mol. The van der Waals surface area contributed by atoms with Gasteiger partial charge in [-0.3, -0.25) is 0 Å². The van der Waals surface area contributed by atoms with Crippen molar-refractivity contribution in [3.63, 3.8) is 0 Å². The molecule has 0 aliphatic rings. The van der Waals surface area contributed by atoms with E-state index >= 15 is 0 Å². The Labute approximate surface area is 144 Å². The minimum Gasteiger partial charge on any atom is -0.324 e. The van der Waals surface area contributed by atoms with Crippen LogP contribution in [0.5, 0.6) is 0 Å². The first kappa shape index (κ1) is 17.0. The van der Waals surface area contributed by atoms with Crippen molar-refractivity contribution in [3.8, 4) is 0 Å². The monoisotopic (exact) mass is 422 g/mol. The number of aromatic nitrogens is 2. The largest absolute Gasteiger partial charge is 0.324 e. The molecule has 0 bridgehead atoms. The third kappa shape index (κ3) is 3.70. The molecule has 2 unspecified atom stereocenters. The van der Waals surface area contributed by atoms with Crippen molar-refractivity contribution in [2.45, 2.75) is 52.0 Å². The quantitative estimate of drug-likeness (QED) is 0.422. The molecular weight excluding hydrogens is 402 g/mol. The summed E-state index contributed by atoms with van der Waals surface area (Å²) >= 11 is 8.28. The average Bonchev–Trinajstić information content (AvgIpc) is 2.75. The molecule has 116 valence electrons. The van der Waals surface area contributed by atoms with Gasteiger partial charge in [0.05, 0.1) is 20.0 Å². The molecule has 2 rings (SSSR count). The topological polar surface area (TPSA) is 17.8 Å². The third-order valence-corrected chi connectivity index (χ3v) is 4.74. The van der Waals surface area contributed by atoms with Crippen molar-refractivity contribution >= 4 is 45.2 Å². The zero-order valence-corrected chi connectivity index (χ0v) is 15.7. The highest BCUT2D eigenvalue weighted by molar-refractivity contribution is 14.1. The molecule has 0 aliphatic carbocycles. The Hall–Kier alpha value is -0.360. The molecular formula is C16H21ClFIN2. The Kier molecular flexibility index (Phi) is 5.52. The summed E-state index contributed by atoms with van der Waals surface area (Å²) in [6, 6.07) is 3.63. The SMILES string of the molecule is CC(C)CCC(C)n1c(C(C)Cl)nc2cc(I)c(F)cc21. The highest BCUT2D eigenvalue weighted by Gasteiger charge is 2.20. The van der Waals surface area contributed by atoms with Crippen molar-refractivity contribution in [1.29, 1.82) is 0 Å². The van der Waals surface area contributed by atoms with Crippen LogP contribution in [0.15, 0.2) is 12.1 Å². The maximum atomic E-state index is 13.9. The lowest BCUT2D eigenvalue weighted by Gasteiger charge is -2.19. The average molecular weight is 423 g/mol. The first-order valence-electron chi connectivity index (χ1n) is 7.32. The Morgan fingerprint density at radius 1 is 1.24 bits per heavy atom. The summed E-state index contributed by atoms with van der Waals surface area (Å²) in [4.78, 5) is 4.62. The van der Waals surface area contributed by atoms with Gasteiger partial charge in [-0.25, -0.2) is 9.37 Å². The highest BCUT2D eigenvalue weighted by atomic mass is 127. The molecule has 1 aromatic heterocycles. The summed E-state index contributed by atoms with van der Waals surface area (Å²) in [5.41, 5.74) is 1.66. The van der Waals surface area contributed by atoms with E-state index in [-0.39, 0.29) is 17.2 Å². The second kappa shape index (κ2) is 6.82. The van der Waals surface area contributed by atoms with Crippen molar-refractivity contribution < 1.29 is 4.39 Å². The first-order valence-corrected chi connectivity index (χ1v) is 8.83. The minimum atomic E-state index is -0.200. The zero-order chi connectivity index (χ0) is 15.7. The molecule has 0 saturated carbocycles. The normalized spacial score (nSPS) is 14.9. The number of rotatable bonds is 5. The summed E-state index contributed by atoms with van der Waals surface area (Å²) in [7, 11) is 0. The molecule has 0 amide bonds. The number of alkyl halides is 1. The Morgan fingerprint density at radius 2 is 1.90 bits per heavy atom. The Morgan fingerprint density at radius 3 is 2.48 bits per heavy atom. The van der Waals surface area contributed by atoms with E-state index in [1.807, 2.05) is 29.5 Å². The van der Waals surface area contributed by atoms with E-state index in [9.17, 15) is 4.39 Å². The third-order valence-electron chi connectivity index (χ3n) is 3.72. The summed E-state index contributed by atoms with van der Waals surface area (Å²) in [6.45, 7) is 8.50. The second-order valence-electron chi connectivity index (χ2n) is 6.03. The maximum Gasteiger partial charge on any atom is 0.138 e. The minimum absolute atomic E-state index is 0.195. The van der Waals surface area contributed by atoms with Gasteiger partial charge >= 0.3 is 0 Å². The summed E-state index contributed by atoms with van der Waals surface area (Å²) in [6.07, 6.45) is 2.16. The molecule has 0 spiro atoms. The molecule has 1 aromatic carbocycles. The van der Waals surface area contributed by atoms with Crippen LogP contribution in [0.25, 0.3) is 11.0 Å². The van der Waals surface area contributed by atoms with Gasteiger partial charge in [-0.2, -0.15) is 0 Å². The number of imidazole rings is 1. The van der Waals surface area contributed by atoms with Crippen molar-refractivity contribution in [2.75, 3.05) is 0 Å². The van der Waals surface area contributed by atoms with E-state index in [0.29, 0.717) is 9.49 Å². The van der Waals surface area contributed by atoms with Crippen LogP contribution < -0.4 is 0 Å². The van der Waals surface area contributed by atoms with Gasteiger partial charge in [-0.15, -0.1) is 11.6 Å². The lowest BCUT2D eigenvalue weighted by molar-refractivity contribution is 0.436. The lowest BCUT2D eigenvalue weighted by atomic mass is 10.0. The van der Waals surface area contributed by atoms with Gasteiger partial charge in [-0.1, -0.05) is 13.8 Å². The summed E-state index contributed by atoms with van der Waals surface area (Å²) in [5, 5.41) is -0.195. The van der Waals surface area contributed by atoms with Crippen LogP contribution in [0, 0.1) is 15.3 Å². The number of benzene rings is 1. The van der Waals surface area contributed by atoms with Crippen LogP contribution in [-0.4, -0.2) is 9.55 Å². The zero-order valence-electron chi connectivity index (χ0n) is 12.8. The fourth-order valence-corrected chi connectivity index (χ4v) is 3.16. The van der Waals surface area contributed by atoms with Crippen LogP contribution in [0.4, 0.5) is 4.39 Å². The van der Waals surface area contributed by atoms with E-state index in [1.54, 1.807) is 12.1 Å². The molecule has 0 radical (unpaired) electrons. The molecule has 0 N–H and O–H groups in total. The molecule has 0 aliphatic heterocycles. The van der Waals surface area contributed by atoms with Gasteiger partial charge in [0.1, 0.15) is 11.6 Å². The van der Waals surface area contributed by atoms with Gasteiger partial charge in [0, 0.05) is 12.1 Å². The number of hydrogen-bond donors (Lipinski definition) is 0. The van der Waals surface area contributed by atoms with Gasteiger partial charge in [0.2, 0.25) is 0 Å². The molecule has 1 heterocycles. The Bertz CT molecular complexity index is 637. The Balaban J connectivity index is 2.52. The summed E-state index contributed by atoms with van der Waals surface area (Å²) < 4.78 is 16.6. The second-order valence-corrected chi connectivity index (χ2v) is 7.85. The first-order chi connectivity index (χ1) is 9.81. The van der Waals surface area contributed by atoms with Gasteiger partial charge in [0.15, 0.2) is 0 Å². The van der Waals surface area contributed by atoms with Crippen molar-refractivity contribution in [3.05, 3.63) is 27.3 Å². The van der Waals surface area contributed by atoms with Gasteiger partial charge < -0.3 is 4.57 Å². The fourth-order valence-electron chi connectivity index (χ4n) is 2.56. The summed E-state index contributed by atoms with van der Waals surface area (Å²) in [5.74, 6) is 1.27. The smallest absolute Gasteiger partial charge is 0.138 e. The number of hydrogen-bond acceptors (Lipinski definition) is 1. The van der Waals surface area contributed by atoms with Gasteiger partial charge in [-0.05, 0) is 61.3 Å². The highest BCUT2D eigenvalue weighted by Crippen LogP contribution is 2.31. The molecule has 5 heteroatoms. The van der Waals surface area contributed by atoms with Crippen LogP contribution in [-0.2, 0) is 0 Å². The van der Waals surface area contributed by atoms with Crippen LogP contribution >= 0.6 is 34.2 Å². The molecule has 2 nitrogen and oxygen atoms in total. The van der Waals surface area contributed by atoms with E-state index in [1.165, 1.54) is 0 Å². The predicted octanol–water partition coefficient (Wildman–Crippen LogP) is 6.08. The van der Waals surface area contributed by atoms with Gasteiger partial charge in [0.25, 0.3) is 0 Å². The van der Waals surface area contributed by atoms with E-state index in [2.05, 4.69) is 30.3 Å². The van der Waals surface area contributed by atoms with E-state index in [4.69, 9.17) is 11.6 Å². The molecule has 0 fully saturated rings. The van der Waals surface area contributed by atoms with E-state index in [0.717, 1.165) is 29.7 Å². The van der Waals surface area contributed by atoms with E-state index < -0.39 is 0 Å². The number of nitrogens with zero attached hydrogens (tertiary/aromatic N) is 2. The van der Waals surface area contributed by atoms with Crippen LogP contribution in [0.3, 0.4) is 0 Å². The molecule has 21 heavy (non-hydrogen) atoms. The molecule has 2 aromatic rings. The number of halogens is 3. The standard InChI is InChI=1S/C16H21ClFIN2/c1-9(2)5-6-10(3)21-15-7-12(18)13(19)8-14(15)20-16(21)11(4)17/h7-11H,5-6H2,1-4H3. The van der Waals surface area contributed by atoms with Crippen molar-refractivity contribution in [1.82, 2.24) is 9.55 Å². The van der Waals surface area contributed by atoms with Crippen LogP contribution in [0.1, 0.15) is 57.8 Å². The van der Waals surface area contributed by atoms with Crippen molar-refractivity contribution in [2.24, 2.45) is 5.92 Å². The maximum absolute atomic E-state index is 13.9. The molecule has 0 saturated heterocycles.